The van der Waals surface area contributed by atoms with E-state index in [4.69, 9.17) is 0 Å². The maximum atomic E-state index is 3.79. The standard InChI is InChI=1S/C18H30N2/c1-4-12-20-13-10-18(11-14-20)16(3)19-15(2)17-8-6-5-7-9-17/h5-9,15-16,18-19H,4,10-14H2,1-3H3. The highest BCUT2D eigenvalue weighted by Gasteiger charge is 2.24. The Kier molecular flexibility index (Phi) is 6.06. The van der Waals surface area contributed by atoms with Gasteiger partial charge in [0.05, 0.1) is 0 Å². The zero-order valence-corrected chi connectivity index (χ0v) is 13.3. The fourth-order valence-electron chi connectivity index (χ4n) is 3.36. The Morgan fingerprint density at radius 2 is 1.80 bits per heavy atom. The van der Waals surface area contributed by atoms with Gasteiger partial charge in [0.2, 0.25) is 0 Å². The zero-order chi connectivity index (χ0) is 14.4. The Hall–Kier alpha value is -0.860. The summed E-state index contributed by atoms with van der Waals surface area (Å²) in [6.07, 6.45) is 3.97. The quantitative estimate of drug-likeness (QED) is 0.847. The summed E-state index contributed by atoms with van der Waals surface area (Å²) in [6.45, 7) is 10.7. The molecule has 2 rings (SSSR count). The topological polar surface area (TPSA) is 15.3 Å². The van der Waals surface area contributed by atoms with Gasteiger partial charge in [-0.3, -0.25) is 0 Å². The summed E-state index contributed by atoms with van der Waals surface area (Å²) in [5, 5.41) is 3.79. The van der Waals surface area contributed by atoms with Crippen molar-refractivity contribution in [3.8, 4) is 0 Å². The van der Waals surface area contributed by atoms with E-state index in [1.165, 1.54) is 44.5 Å². The number of piperidine rings is 1. The Balaban J connectivity index is 1.79. The zero-order valence-electron chi connectivity index (χ0n) is 13.3. The molecule has 20 heavy (non-hydrogen) atoms. The Labute approximate surface area is 124 Å². The summed E-state index contributed by atoms with van der Waals surface area (Å²) in [4.78, 5) is 2.61. The van der Waals surface area contributed by atoms with E-state index in [0.717, 1.165) is 5.92 Å². The molecule has 2 nitrogen and oxygen atoms in total. The Morgan fingerprint density at radius 3 is 2.40 bits per heavy atom. The lowest BCUT2D eigenvalue weighted by Gasteiger charge is -2.36. The van der Waals surface area contributed by atoms with Gasteiger partial charge in [-0.1, -0.05) is 37.3 Å². The lowest BCUT2D eigenvalue weighted by Crippen LogP contribution is -2.42. The van der Waals surface area contributed by atoms with Crippen LogP contribution in [0.2, 0.25) is 0 Å². The average molecular weight is 274 g/mol. The average Bonchev–Trinajstić information content (AvgIpc) is 2.49. The van der Waals surface area contributed by atoms with Crippen LogP contribution in [0.3, 0.4) is 0 Å². The number of hydrogen-bond donors (Lipinski definition) is 1. The first-order chi connectivity index (χ1) is 9.70. The van der Waals surface area contributed by atoms with Crippen molar-refractivity contribution < 1.29 is 0 Å². The monoisotopic (exact) mass is 274 g/mol. The van der Waals surface area contributed by atoms with Crippen LogP contribution in [0, 0.1) is 5.92 Å². The lowest BCUT2D eigenvalue weighted by atomic mass is 9.89. The molecule has 1 N–H and O–H groups in total. The molecule has 1 aliphatic rings. The minimum atomic E-state index is 0.444. The summed E-state index contributed by atoms with van der Waals surface area (Å²) in [6, 6.07) is 11.8. The number of nitrogens with one attached hydrogen (secondary N) is 1. The van der Waals surface area contributed by atoms with Crippen molar-refractivity contribution in [2.45, 2.75) is 52.1 Å². The molecule has 0 bridgehead atoms. The number of likely N-dealkylation sites (tertiary alicyclic amines) is 1. The largest absolute Gasteiger partial charge is 0.307 e. The van der Waals surface area contributed by atoms with E-state index in [1.54, 1.807) is 0 Å². The fourth-order valence-corrected chi connectivity index (χ4v) is 3.36. The minimum Gasteiger partial charge on any atom is -0.307 e. The summed E-state index contributed by atoms with van der Waals surface area (Å²) in [7, 11) is 0. The van der Waals surface area contributed by atoms with Gasteiger partial charge in [0.1, 0.15) is 0 Å². The molecule has 2 heteroatoms. The third-order valence-corrected chi connectivity index (χ3v) is 4.69. The van der Waals surface area contributed by atoms with Gasteiger partial charge in [0.15, 0.2) is 0 Å². The Bertz CT molecular complexity index is 368. The molecule has 0 spiro atoms. The molecule has 0 aliphatic carbocycles. The first-order valence-electron chi connectivity index (χ1n) is 8.24. The van der Waals surface area contributed by atoms with Crippen molar-refractivity contribution in [3.05, 3.63) is 35.9 Å². The van der Waals surface area contributed by atoms with Gasteiger partial charge >= 0.3 is 0 Å². The SMILES string of the molecule is CCCN1CCC(C(C)NC(C)c2ccccc2)CC1. The van der Waals surface area contributed by atoms with Gasteiger partial charge in [-0.05, 0) is 64.2 Å². The fraction of sp³-hybridized carbons (Fsp3) is 0.667. The van der Waals surface area contributed by atoms with Crippen LogP contribution in [0.1, 0.15) is 51.6 Å². The molecule has 2 atom stereocenters. The van der Waals surface area contributed by atoms with Crippen LogP contribution in [0.15, 0.2) is 30.3 Å². The van der Waals surface area contributed by atoms with Gasteiger partial charge < -0.3 is 10.2 Å². The molecule has 0 radical (unpaired) electrons. The van der Waals surface area contributed by atoms with E-state index in [-0.39, 0.29) is 0 Å². The van der Waals surface area contributed by atoms with Crippen molar-refractivity contribution >= 4 is 0 Å². The molecule has 1 heterocycles. The molecule has 0 aromatic heterocycles. The van der Waals surface area contributed by atoms with E-state index in [1.807, 2.05) is 0 Å². The third-order valence-electron chi connectivity index (χ3n) is 4.69. The van der Waals surface area contributed by atoms with Crippen molar-refractivity contribution in [2.24, 2.45) is 5.92 Å². The first-order valence-corrected chi connectivity index (χ1v) is 8.24. The van der Waals surface area contributed by atoms with E-state index < -0.39 is 0 Å². The van der Waals surface area contributed by atoms with Gasteiger partial charge in [0, 0.05) is 12.1 Å². The van der Waals surface area contributed by atoms with Crippen molar-refractivity contribution in [1.29, 1.82) is 0 Å². The van der Waals surface area contributed by atoms with Gasteiger partial charge in [-0.2, -0.15) is 0 Å². The van der Waals surface area contributed by atoms with E-state index in [9.17, 15) is 0 Å². The van der Waals surface area contributed by atoms with Crippen LogP contribution >= 0.6 is 0 Å². The maximum Gasteiger partial charge on any atom is 0.0294 e. The van der Waals surface area contributed by atoms with Crippen molar-refractivity contribution in [3.63, 3.8) is 0 Å². The van der Waals surface area contributed by atoms with Crippen LogP contribution in [0.5, 0.6) is 0 Å². The molecule has 2 unspecified atom stereocenters. The molecule has 0 amide bonds. The van der Waals surface area contributed by atoms with Crippen LogP contribution in [0.4, 0.5) is 0 Å². The highest BCUT2D eigenvalue weighted by molar-refractivity contribution is 5.18. The highest BCUT2D eigenvalue weighted by atomic mass is 15.1. The number of nitrogens with zero attached hydrogens (tertiary/aromatic N) is 1. The smallest absolute Gasteiger partial charge is 0.0294 e. The second-order valence-corrected chi connectivity index (χ2v) is 6.27. The molecular formula is C18H30N2. The molecular weight excluding hydrogens is 244 g/mol. The second-order valence-electron chi connectivity index (χ2n) is 6.27. The molecule has 0 saturated carbocycles. The van der Waals surface area contributed by atoms with Crippen LogP contribution in [-0.4, -0.2) is 30.6 Å². The summed E-state index contributed by atoms with van der Waals surface area (Å²) in [5.74, 6) is 0.828. The third kappa shape index (κ3) is 4.32. The molecule has 1 aliphatic heterocycles. The molecule has 1 aromatic rings. The van der Waals surface area contributed by atoms with E-state index in [2.05, 4.69) is 61.3 Å². The first kappa shape index (κ1) is 15.5. The van der Waals surface area contributed by atoms with E-state index >= 15 is 0 Å². The van der Waals surface area contributed by atoms with Gasteiger partial charge in [-0.25, -0.2) is 0 Å². The molecule has 112 valence electrons. The lowest BCUT2D eigenvalue weighted by molar-refractivity contribution is 0.159. The second kappa shape index (κ2) is 7.80. The summed E-state index contributed by atoms with van der Waals surface area (Å²) < 4.78 is 0. The highest BCUT2D eigenvalue weighted by Crippen LogP contribution is 2.23. The van der Waals surface area contributed by atoms with Gasteiger partial charge in [0.25, 0.3) is 0 Å². The number of rotatable bonds is 6. The van der Waals surface area contributed by atoms with Crippen LogP contribution < -0.4 is 5.32 Å². The summed E-state index contributed by atoms with van der Waals surface area (Å²) >= 11 is 0. The summed E-state index contributed by atoms with van der Waals surface area (Å²) in [5.41, 5.74) is 1.39. The molecule has 1 aromatic carbocycles. The molecule has 1 fully saturated rings. The number of hydrogen-bond acceptors (Lipinski definition) is 2. The van der Waals surface area contributed by atoms with E-state index in [0.29, 0.717) is 12.1 Å². The number of benzene rings is 1. The predicted octanol–water partition coefficient (Wildman–Crippen LogP) is 3.85. The predicted molar refractivity (Wildman–Crippen MR) is 86.9 cm³/mol. The van der Waals surface area contributed by atoms with Crippen LogP contribution in [0.25, 0.3) is 0 Å². The maximum absolute atomic E-state index is 3.79. The van der Waals surface area contributed by atoms with Gasteiger partial charge in [-0.15, -0.1) is 0 Å². The van der Waals surface area contributed by atoms with Crippen molar-refractivity contribution in [1.82, 2.24) is 10.2 Å². The normalized spacial score (nSPS) is 20.8. The Morgan fingerprint density at radius 1 is 1.15 bits per heavy atom. The van der Waals surface area contributed by atoms with Crippen molar-refractivity contribution in [2.75, 3.05) is 19.6 Å². The minimum absolute atomic E-state index is 0.444. The van der Waals surface area contributed by atoms with Crippen LogP contribution in [-0.2, 0) is 0 Å². The molecule has 1 saturated heterocycles.